The molecule has 7 nitrogen and oxygen atoms in total. The van der Waals surface area contributed by atoms with Crippen molar-refractivity contribution in [3.05, 3.63) is 47.4 Å². The molecule has 4 saturated carbocycles. The molecule has 0 radical (unpaired) electrons. The first-order valence-corrected chi connectivity index (χ1v) is 12.9. The van der Waals surface area contributed by atoms with Crippen molar-refractivity contribution in [1.29, 1.82) is 0 Å². The topological polar surface area (TPSA) is 84.4 Å². The van der Waals surface area contributed by atoms with Crippen molar-refractivity contribution in [2.75, 3.05) is 11.9 Å². The van der Waals surface area contributed by atoms with Crippen molar-refractivity contribution >= 4 is 17.6 Å². The molecule has 1 N–H and O–H groups in total. The van der Waals surface area contributed by atoms with Gasteiger partial charge in [-0.05, 0) is 92.4 Å². The molecular weight excluding hydrogens is 485 g/mol. The Labute approximate surface area is 212 Å². The van der Waals surface area contributed by atoms with Crippen molar-refractivity contribution in [3.63, 3.8) is 0 Å². The van der Waals surface area contributed by atoms with Crippen LogP contribution in [0.5, 0.6) is 5.75 Å². The highest BCUT2D eigenvalue weighted by Crippen LogP contribution is 2.61. The van der Waals surface area contributed by atoms with Crippen LogP contribution < -0.4 is 10.1 Å². The SMILES string of the molecule is O=C(CC12CC3CC(CC(C3)C1)C2)Nc1ncnc2c1CCN(C(=O)c1ccc(OC(F)(F)F)cc1)C2. The lowest BCUT2D eigenvalue weighted by Gasteiger charge is -2.56. The van der Waals surface area contributed by atoms with Gasteiger partial charge in [0.15, 0.2) is 0 Å². The molecule has 10 heteroatoms. The molecule has 7 rings (SSSR count). The Balaban J connectivity index is 1.10. The highest BCUT2D eigenvalue weighted by Gasteiger charge is 2.51. The summed E-state index contributed by atoms with van der Waals surface area (Å²) in [6.45, 7) is 0.618. The summed E-state index contributed by atoms with van der Waals surface area (Å²) in [6, 6.07) is 4.88. The van der Waals surface area contributed by atoms with Gasteiger partial charge in [0.1, 0.15) is 17.9 Å². The highest BCUT2D eigenvalue weighted by molar-refractivity contribution is 5.95. The molecule has 0 spiro atoms. The van der Waals surface area contributed by atoms with Crippen LogP contribution in [-0.2, 0) is 17.8 Å². The number of alkyl halides is 3. The summed E-state index contributed by atoms with van der Waals surface area (Å²) in [4.78, 5) is 36.4. The van der Waals surface area contributed by atoms with E-state index < -0.39 is 6.36 Å². The number of hydrogen-bond acceptors (Lipinski definition) is 5. The van der Waals surface area contributed by atoms with E-state index in [0.29, 0.717) is 30.9 Å². The van der Waals surface area contributed by atoms with Crippen LogP contribution in [0, 0.1) is 23.2 Å². The molecule has 2 amide bonds. The van der Waals surface area contributed by atoms with Crippen LogP contribution in [-0.4, -0.2) is 39.6 Å². The third-order valence-corrected chi connectivity index (χ3v) is 8.59. The zero-order valence-corrected chi connectivity index (χ0v) is 20.4. The van der Waals surface area contributed by atoms with Gasteiger partial charge in [0.2, 0.25) is 5.91 Å². The molecule has 196 valence electrons. The van der Waals surface area contributed by atoms with Gasteiger partial charge in [-0.1, -0.05) is 0 Å². The number of rotatable bonds is 5. The van der Waals surface area contributed by atoms with Gasteiger partial charge in [0, 0.05) is 24.1 Å². The van der Waals surface area contributed by atoms with Crippen LogP contribution in [0.1, 0.15) is 66.6 Å². The average Bonchev–Trinajstić information content (AvgIpc) is 2.82. The standard InChI is InChI=1S/C27H29F3N4O3/c28-27(29,30)37-20-3-1-19(2-4-20)25(36)34-6-5-21-22(14-34)31-15-32-24(21)33-23(35)13-26-10-16-7-17(11-26)9-18(8-16)12-26/h1-4,15-18H,5-14H2,(H,31,32,33,35). The summed E-state index contributed by atoms with van der Waals surface area (Å²) >= 11 is 0. The summed E-state index contributed by atoms with van der Waals surface area (Å²) in [5, 5.41) is 3.05. The quantitative estimate of drug-likeness (QED) is 0.599. The Hall–Kier alpha value is -3.17. The Morgan fingerprint density at radius 3 is 2.30 bits per heavy atom. The van der Waals surface area contributed by atoms with Gasteiger partial charge in [-0.2, -0.15) is 0 Å². The Bertz CT molecular complexity index is 1180. The lowest BCUT2D eigenvalue weighted by molar-refractivity contribution is -0.274. The van der Waals surface area contributed by atoms with Crippen LogP contribution >= 0.6 is 0 Å². The monoisotopic (exact) mass is 514 g/mol. The molecule has 0 atom stereocenters. The van der Waals surface area contributed by atoms with E-state index in [-0.39, 0.29) is 35.1 Å². The molecule has 1 aliphatic heterocycles. The van der Waals surface area contributed by atoms with E-state index in [1.54, 1.807) is 4.90 Å². The maximum Gasteiger partial charge on any atom is 0.573 e. The first-order valence-electron chi connectivity index (χ1n) is 12.9. The average molecular weight is 515 g/mol. The first kappa shape index (κ1) is 24.2. The smallest absolute Gasteiger partial charge is 0.406 e. The number of anilines is 1. The van der Waals surface area contributed by atoms with E-state index in [1.807, 2.05) is 0 Å². The largest absolute Gasteiger partial charge is 0.573 e. The summed E-state index contributed by atoms with van der Waals surface area (Å²) in [5.74, 6) is 2.17. The number of carbonyl (C=O) groups excluding carboxylic acids is 2. The maximum absolute atomic E-state index is 13.1. The second kappa shape index (κ2) is 8.99. The fraction of sp³-hybridized carbons (Fsp3) is 0.556. The third kappa shape index (κ3) is 5.02. The van der Waals surface area contributed by atoms with Gasteiger partial charge in [0.05, 0.1) is 12.2 Å². The van der Waals surface area contributed by atoms with Crippen LogP contribution in [0.4, 0.5) is 19.0 Å². The summed E-state index contributed by atoms with van der Waals surface area (Å²) in [7, 11) is 0. The summed E-state index contributed by atoms with van der Waals surface area (Å²) in [6.07, 6.45) is 5.11. The lowest BCUT2D eigenvalue weighted by Crippen LogP contribution is -2.47. The van der Waals surface area contributed by atoms with E-state index in [9.17, 15) is 22.8 Å². The van der Waals surface area contributed by atoms with E-state index >= 15 is 0 Å². The molecule has 0 saturated heterocycles. The van der Waals surface area contributed by atoms with Crippen LogP contribution in [0.15, 0.2) is 30.6 Å². The lowest BCUT2D eigenvalue weighted by atomic mass is 9.49. The second-order valence-corrected chi connectivity index (χ2v) is 11.3. The molecule has 1 aromatic heterocycles. The minimum absolute atomic E-state index is 0.00233. The second-order valence-electron chi connectivity index (χ2n) is 11.3. The number of nitrogens with one attached hydrogen (secondary N) is 1. The van der Waals surface area contributed by atoms with Gasteiger partial charge in [-0.15, -0.1) is 13.2 Å². The molecule has 0 unspecified atom stereocenters. The Kier molecular flexibility index (Phi) is 5.88. The number of nitrogens with zero attached hydrogens (tertiary/aromatic N) is 3. The molecule has 4 fully saturated rings. The normalized spacial score (nSPS) is 28.1. The summed E-state index contributed by atoms with van der Waals surface area (Å²) < 4.78 is 41.1. The van der Waals surface area contributed by atoms with Gasteiger partial charge in [0.25, 0.3) is 5.91 Å². The molecule has 1 aromatic carbocycles. The number of fused-ring (bicyclic) bond motifs is 1. The van der Waals surface area contributed by atoms with Crippen molar-refractivity contribution in [2.24, 2.45) is 23.2 Å². The number of benzene rings is 1. The zero-order chi connectivity index (χ0) is 25.8. The third-order valence-electron chi connectivity index (χ3n) is 8.59. The van der Waals surface area contributed by atoms with Gasteiger partial charge in [-0.3, -0.25) is 9.59 Å². The molecule has 4 aliphatic carbocycles. The summed E-state index contributed by atoms with van der Waals surface area (Å²) in [5.41, 5.74) is 1.89. The van der Waals surface area contributed by atoms with Gasteiger partial charge < -0.3 is 15.0 Å². The predicted octanol–water partition coefficient (Wildman–Crippen LogP) is 5.12. The Morgan fingerprint density at radius 1 is 1.03 bits per heavy atom. The molecule has 2 heterocycles. The van der Waals surface area contributed by atoms with Crippen LogP contribution in [0.3, 0.4) is 0 Å². The van der Waals surface area contributed by atoms with Crippen molar-refractivity contribution in [3.8, 4) is 5.75 Å². The van der Waals surface area contributed by atoms with E-state index in [1.165, 1.54) is 37.7 Å². The molecular formula is C27H29F3N4O3. The number of ether oxygens (including phenoxy) is 1. The van der Waals surface area contributed by atoms with Crippen LogP contribution in [0.2, 0.25) is 0 Å². The highest BCUT2D eigenvalue weighted by atomic mass is 19.4. The number of aromatic nitrogens is 2. The van der Waals surface area contributed by atoms with Gasteiger partial charge >= 0.3 is 6.36 Å². The molecule has 37 heavy (non-hydrogen) atoms. The van der Waals surface area contributed by atoms with Crippen LogP contribution in [0.25, 0.3) is 0 Å². The van der Waals surface area contributed by atoms with Gasteiger partial charge in [-0.25, -0.2) is 9.97 Å². The van der Waals surface area contributed by atoms with Crippen molar-refractivity contribution < 1.29 is 27.5 Å². The van der Waals surface area contributed by atoms with Crippen molar-refractivity contribution in [2.45, 2.75) is 64.3 Å². The minimum atomic E-state index is -4.79. The minimum Gasteiger partial charge on any atom is -0.406 e. The fourth-order valence-corrected chi connectivity index (χ4v) is 7.64. The number of hydrogen-bond donors (Lipinski definition) is 1. The number of amides is 2. The van der Waals surface area contributed by atoms with E-state index in [2.05, 4.69) is 20.0 Å². The first-order chi connectivity index (χ1) is 17.6. The maximum atomic E-state index is 13.1. The fourth-order valence-electron chi connectivity index (χ4n) is 7.64. The van der Waals surface area contributed by atoms with Crippen molar-refractivity contribution in [1.82, 2.24) is 14.9 Å². The molecule has 2 aromatic rings. The van der Waals surface area contributed by atoms with E-state index in [4.69, 9.17) is 0 Å². The zero-order valence-electron chi connectivity index (χ0n) is 20.4. The Morgan fingerprint density at radius 2 is 1.68 bits per heavy atom. The molecule has 4 bridgehead atoms. The molecule has 5 aliphatic rings. The van der Waals surface area contributed by atoms with E-state index in [0.717, 1.165) is 54.7 Å². The number of halogens is 3. The predicted molar refractivity (Wildman–Crippen MR) is 127 cm³/mol. The number of carbonyl (C=O) groups is 2.